The number of hydrogen-bond acceptors (Lipinski definition) is 2. The molecule has 88 valence electrons. The van der Waals surface area contributed by atoms with Crippen LogP contribution in [0.3, 0.4) is 0 Å². The Kier molecular flexibility index (Phi) is 15.1. The highest BCUT2D eigenvalue weighted by Crippen LogP contribution is 2.04. The number of rotatable bonds is 6. The summed E-state index contributed by atoms with van der Waals surface area (Å²) in [4.78, 5) is 0. The molecule has 2 atom stereocenters. The van der Waals surface area contributed by atoms with Gasteiger partial charge in [0, 0.05) is 0 Å². The van der Waals surface area contributed by atoms with Crippen molar-refractivity contribution in [3.63, 3.8) is 0 Å². The lowest BCUT2D eigenvalue weighted by Crippen LogP contribution is -1.97. The van der Waals surface area contributed by atoms with Gasteiger partial charge in [0.1, 0.15) is 0 Å². The van der Waals surface area contributed by atoms with Crippen LogP contribution >= 0.6 is 0 Å². The Morgan fingerprint density at radius 1 is 0.857 bits per heavy atom. The highest BCUT2D eigenvalue weighted by atomic mass is 16.3. The van der Waals surface area contributed by atoms with E-state index in [1.807, 2.05) is 13.8 Å². The topological polar surface area (TPSA) is 40.5 Å². The molecule has 0 saturated carbocycles. The van der Waals surface area contributed by atoms with Crippen molar-refractivity contribution in [2.45, 2.75) is 78.4 Å². The Morgan fingerprint density at radius 3 is 1.64 bits per heavy atom. The van der Waals surface area contributed by atoms with Gasteiger partial charge in [-0.1, -0.05) is 39.5 Å². The zero-order valence-electron chi connectivity index (χ0n) is 10.3. The molecule has 0 aromatic heterocycles. The van der Waals surface area contributed by atoms with Gasteiger partial charge in [-0.3, -0.25) is 0 Å². The first-order chi connectivity index (χ1) is 6.54. The molecule has 2 nitrogen and oxygen atoms in total. The van der Waals surface area contributed by atoms with Crippen molar-refractivity contribution in [1.82, 2.24) is 0 Å². The summed E-state index contributed by atoms with van der Waals surface area (Å²) in [6.07, 6.45) is 6.68. The second-order valence-electron chi connectivity index (χ2n) is 3.96. The molecule has 0 rings (SSSR count). The van der Waals surface area contributed by atoms with Crippen molar-refractivity contribution in [2.75, 3.05) is 0 Å². The van der Waals surface area contributed by atoms with E-state index in [-0.39, 0.29) is 12.2 Å². The molecular formula is C12H28O2. The van der Waals surface area contributed by atoms with E-state index in [2.05, 4.69) is 6.92 Å². The summed E-state index contributed by atoms with van der Waals surface area (Å²) in [5.74, 6) is 0. The molecule has 0 aliphatic heterocycles. The minimum absolute atomic E-state index is 0.0955. The van der Waals surface area contributed by atoms with Gasteiger partial charge in [0.2, 0.25) is 0 Å². The smallest absolute Gasteiger partial charge is 0.0512 e. The highest BCUT2D eigenvalue weighted by molar-refractivity contribution is 4.47. The molecule has 0 fully saturated rings. The number of aliphatic hydroxyl groups excluding tert-OH is 2. The molecule has 2 unspecified atom stereocenters. The fourth-order valence-electron chi connectivity index (χ4n) is 0.867. The van der Waals surface area contributed by atoms with Crippen molar-refractivity contribution >= 4 is 0 Å². The van der Waals surface area contributed by atoms with E-state index in [0.717, 1.165) is 12.8 Å². The fourth-order valence-corrected chi connectivity index (χ4v) is 0.867. The molecule has 2 N–H and O–H groups in total. The van der Waals surface area contributed by atoms with E-state index in [1.54, 1.807) is 6.92 Å². The molecule has 0 aliphatic carbocycles. The summed E-state index contributed by atoms with van der Waals surface area (Å²) in [7, 11) is 0. The van der Waals surface area contributed by atoms with Crippen LogP contribution in [-0.2, 0) is 0 Å². The van der Waals surface area contributed by atoms with Gasteiger partial charge in [0.05, 0.1) is 12.2 Å². The maximum absolute atomic E-state index is 8.85. The van der Waals surface area contributed by atoms with E-state index >= 15 is 0 Å². The SMILES string of the molecule is CCC(C)O.CCCCCCC(C)O. The van der Waals surface area contributed by atoms with Gasteiger partial charge in [-0.25, -0.2) is 0 Å². The van der Waals surface area contributed by atoms with Crippen LogP contribution in [0.4, 0.5) is 0 Å². The van der Waals surface area contributed by atoms with Gasteiger partial charge in [0.15, 0.2) is 0 Å². The third-order valence-corrected chi connectivity index (χ3v) is 2.07. The zero-order valence-corrected chi connectivity index (χ0v) is 10.3. The summed E-state index contributed by atoms with van der Waals surface area (Å²) in [6, 6.07) is 0. The van der Waals surface area contributed by atoms with E-state index < -0.39 is 0 Å². The molecule has 0 saturated heterocycles. The Morgan fingerprint density at radius 2 is 1.36 bits per heavy atom. The molecule has 14 heavy (non-hydrogen) atoms. The summed E-state index contributed by atoms with van der Waals surface area (Å²) in [5, 5.41) is 17.2. The Bertz CT molecular complexity index is 90.3. The molecule has 0 heterocycles. The molecule has 0 radical (unpaired) electrons. The molecule has 0 spiro atoms. The van der Waals surface area contributed by atoms with Gasteiger partial charge in [-0.2, -0.15) is 0 Å². The second-order valence-corrected chi connectivity index (χ2v) is 3.96. The standard InChI is InChI=1S/C8H18O.C4H10O/c1-3-4-5-6-7-8(2)9;1-3-4(2)5/h8-9H,3-7H2,1-2H3;4-5H,3H2,1-2H3. The molecule has 0 bridgehead atoms. The van der Waals surface area contributed by atoms with Crippen molar-refractivity contribution < 1.29 is 10.2 Å². The molecule has 0 amide bonds. The van der Waals surface area contributed by atoms with Gasteiger partial charge in [-0.05, 0) is 26.7 Å². The number of hydrogen-bond donors (Lipinski definition) is 2. The molecule has 0 aliphatic rings. The second kappa shape index (κ2) is 12.9. The first kappa shape index (κ1) is 16.4. The average molecular weight is 204 g/mol. The van der Waals surface area contributed by atoms with Crippen LogP contribution in [0.15, 0.2) is 0 Å². The Balaban J connectivity index is 0. The number of unbranched alkanes of at least 4 members (excludes halogenated alkanes) is 3. The van der Waals surface area contributed by atoms with E-state index in [1.165, 1.54) is 25.7 Å². The minimum Gasteiger partial charge on any atom is -0.393 e. The molecular weight excluding hydrogens is 176 g/mol. The Hall–Kier alpha value is -0.0800. The van der Waals surface area contributed by atoms with Crippen LogP contribution in [0.2, 0.25) is 0 Å². The third kappa shape index (κ3) is 22.7. The van der Waals surface area contributed by atoms with E-state index in [4.69, 9.17) is 10.2 Å². The van der Waals surface area contributed by atoms with Gasteiger partial charge in [0.25, 0.3) is 0 Å². The monoisotopic (exact) mass is 204 g/mol. The fraction of sp³-hybridized carbons (Fsp3) is 1.00. The Labute approximate surface area is 89.3 Å². The maximum atomic E-state index is 8.85. The highest BCUT2D eigenvalue weighted by Gasteiger charge is 1.93. The van der Waals surface area contributed by atoms with Crippen LogP contribution in [0, 0.1) is 0 Å². The van der Waals surface area contributed by atoms with E-state index in [0.29, 0.717) is 0 Å². The van der Waals surface area contributed by atoms with Crippen LogP contribution in [0.1, 0.15) is 66.2 Å². The minimum atomic E-state index is -0.116. The summed E-state index contributed by atoms with van der Waals surface area (Å²) in [5.41, 5.74) is 0. The summed E-state index contributed by atoms with van der Waals surface area (Å²) < 4.78 is 0. The van der Waals surface area contributed by atoms with Crippen LogP contribution < -0.4 is 0 Å². The predicted molar refractivity (Wildman–Crippen MR) is 62.4 cm³/mol. The zero-order chi connectivity index (χ0) is 11.4. The van der Waals surface area contributed by atoms with Crippen LogP contribution in [0.5, 0.6) is 0 Å². The van der Waals surface area contributed by atoms with Gasteiger partial charge in [-0.15, -0.1) is 0 Å². The van der Waals surface area contributed by atoms with Crippen molar-refractivity contribution in [3.8, 4) is 0 Å². The van der Waals surface area contributed by atoms with Gasteiger partial charge < -0.3 is 10.2 Å². The van der Waals surface area contributed by atoms with Gasteiger partial charge >= 0.3 is 0 Å². The predicted octanol–water partition coefficient (Wildman–Crippen LogP) is 3.11. The first-order valence-corrected chi connectivity index (χ1v) is 5.90. The quantitative estimate of drug-likeness (QED) is 0.653. The lowest BCUT2D eigenvalue weighted by atomic mass is 10.1. The molecule has 0 aromatic carbocycles. The van der Waals surface area contributed by atoms with Crippen molar-refractivity contribution in [2.24, 2.45) is 0 Å². The lowest BCUT2D eigenvalue weighted by Gasteiger charge is -2.01. The van der Waals surface area contributed by atoms with Crippen LogP contribution in [0.25, 0.3) is 0 Å². The van der Waals surface area contributed by atoms with Crippen molar-refractivity contribution in [1.29, 1.82) is 0 Å². The largest absolute Gasteiger partial charge is 0.393 e. The summed E-state index contributed by atoms with van der Waals surface area (Å²) >= 11 is 0. The van der Waals surface area contributed by atoms with Crippen molar-refractivity contribution in [3.05, 3.63) is 0 Å². The summed E-state index contributed by atoms with van der Waals surface area (Å²) in [6.45, 7) is 7.78. The molecule has 2 heteroatoms. The third-order valence-electron chi connectivity index (χ3n) is 2.07. The molecule has 0 aromatic rings. The maximum Gasteiger partial charge on any atom is 0.0512 e. The normalized spacial score (nSPS) is 14.1. The number of aliphatic hydroxyl groups is 2. The van der Waals surface area contributed by atoms with Crippen LogP contribution in [-0.4, -0.2) is 22.4 Å². The lowest BCUT2D eigenvalue weighted by molar-refractivity contribution is 0.180. The van der Waals surface area contributed by atoms with E-state index in [9.17, 15) is 0 Å². The average Bonchev–Trinajstić information content (AvgIpc) is 2.13. The first-order valence-electron chi connectivity index (χ1n) is 5.90.